The molecule has 1 atom stereocenters. The van der Waals surface area contributed by atoms with Gasteiger partial charge in [0.05, 0.1) is 0 Å². The van der Waals surface area contributed by atoms with Crippen LogP contribution < -0.4 is 0 Å². The van der Waals surface area contributed by atoms with Crippen LogP contribution in [0.25, 0.3) is 10.9 Å². The summed E-state index contributed by atoms with van der Waals surface area (Å²) in [6, 6.07) is 4.40. The molecule has 0 aliphatic carbocycles. The summed E-state index contributed by atoms with van der Waals surface area (Å²) in [6.07, 6.45) is 4.31. The standard InChI is InChI=1S/C11H12BrNP.Rf/c1-3-8-4-9-7(2)6-13(14)11(9)5-10(8)12;/h4-5H,3,14H2,1-2H3;/q-1;. The van der Waals surface area contributed by atoms with Gasteiger partial charge in [-0.2, -0.15) is 5.39 Å². The molecule has 1 heterocycles. The Morgan fingerprint density at radius 1 is 1.47 bits per heavy atom. The molecule has 0 fully saturated rings. The maximum absolute atomic E-state index is 3.58. The van der Waals surface area contributed by atoms with E-state index in [1.165, 1.54) is 26.5 Å². The zero-order chi connectivity index (χ0) is 10.3. The van der Waals surface area contributed by atoms with Crippen molar-refractivity contribution in [3.8, 4) is 0 Å². The predicted octanol–water partition coefficient (Wildman–Crippen LogP) is 3.71. The average molecular weight is 536 g/mol. The van der Waals surface area contributed by atoms with Crippen LogP contribution >= 0.6 is 25.3 Å². The van der Waals surface area contributed by atoms with Gasteiger partial charge in [-0.15, -0.1) is 17.1 Å². The maximum Gasteiger partial charge on any atom is 0.00851 e. The third-order valence-electron chi connectivity index (χ3n) is 2.50. The number of fused-ring (bicyclic) bond motifs is 1. The minimum atomic E-state index is 0. The summed E-state index contributed by atoms with van der Waals surface area (Å²) in [5, 5.41) is 1.29. The fraction of sp³-hybridized carbons (Fsp3) is 0.273. The Kier molecular flexibility index (Phi) is 3.16. The van der Waals surface area contributed by atoms with E-state index >= 15 is 0 Å². The number of aromatic nitrogens is 1. The normalized spacial score (nSPS) is 10.4. The fourth-order valence-corrected chi connectivity index (χ4v) is 2.70. The Hall–Kier alpha value is -1.33. The van der Waals surface area contributed by atoms with Crippen molar-refractivity contribution in [3.63, 3.8) is 0 Å². The Balaban J connectivity index is 0.00000112. The molecule has 15 heavy (non-hydrogen) atoms. The molecule has 4 heteroatoms. The van der Waals surface area contributed by atoms with Crippen molar-refractivity contribution in [2.45, 2.75) is 20.3 Å². The second-order valence-electron chi connectivity index (χ2n) is 3.42. The van der Waals surface area contributed by atoms with Gasteiger partial charge in [0.15, 0.2) is 0 Å². The predicted molar refractivity (Wildman–Crippen MR) is 67.7 cm³/mol. The SMILES string of the molecule is CCc1cc2c(C)[c-]n(P)c2cc1Br.[Rf]. The van der Waals surface area contributed by atoms with E-state index in [4.69, 9.17) is 0 Å². The van der Waals surface area contributed by atoms with Gasteiger partial charge < -0.3 is 4.34 Å². The summed E-state index contributed by atoms with van der Waals surface area (Å²) in [5.41, 5.74) is 3.76. The molecule has 1 aromatic heterocycles. The molecule has 0 amide bonds. The van der Waals surface area contributed by atoms with Crippen LogP contribution in [0.1, 0.15) is 18.1 Å². The number of hydrogen-bond donors (Lipinski definition) is 0. The first-order valence-electron chi connectivity index (χ1n) is 4.61. The van der Waals surface area contributed by atoms with Crippen LogP contribution in [0, 0.1) is 13.1 Å². The van der Waals surface area contributed by atoms with Gasteiger partial charge in [0.1, 0.15) is 0 Å². The molecule has 0 aliphatic heterocycles. The average Bonchev–Trinajstić information content (AvgIpc) is 2.41. The smallest absolute Gasteiger partial charge is 0.00851 e. The Bertz CT molecular complexity index is 493. The Labute approximate surface area is 94.9 Å². The van der Waals surface area contributed by atoms with E-state index in [9.17, 15) is 0 Å². The van der Waals surface area contributed by atoms with Crippen LogP contribution in [0.2, 0.25) is 0 Å². The largest absolute Gasteiger partial charge is 0.448 e. The Morgan fingerprint density at radius 2 is 2.13 bits per heavy atom. The molecule has 76 valence electrons. The van der Waals surface area contributed by atoms with Crippen molar-refractivity contribution in [3.05, 3.63) is 33.9 Å². The molecule has 0 radical (unpaired) electrons. The molecule has 0 aliphatic rings. The van der Waals surface area contributed by atoms with Crippen molar-refractivity contribution in [1.82, 2.24) is 4.34 Å². The summed E-state index contributed by atoms with van der Waals surface area (Å²) in [4.78, 5) is 0. The van der Waals surface area contributed by atoms with Gasteiger partial charge in [0, 0.05) is 4.47 Å². The van der Waals surface area contributed by atoms with Crippen molar-refractivity contribution < 1.29 is 0 Å². The van der Waals surface area contributed by atoms with Gasteiger partial charge in [-0.05, 0) is 12.0 Å². The number of nitrogens with zero attached hydrogens (tertiary/aromatic N) is 1. The quantitative estimate of drug-likeness (QED) is 0.387. The summed E-state index contributed by atoms with van der Waals surface area (Å²) in [6.45, 7) is 4.26. The molecule has 0 N–H and O–H groups in total. The van der Waals surface area contributed by atoms with E-state index in [1.807, 2.05) is 4.34 Å². The molecular formula is C11H12BrNPRf-. The van der Waals surface area contributed by atoms with Crippen molar-refractivity contribution >= 4 is 36.2 Å². The van der Waals surface area contributed by atoms with Crippen LogP contribution in [0.5, 0.6) is 0 Å². The van der Waals surface area contributed by atoms with Gasteiger partial charge >= 0.3 is 0 Å². The topological polar surface area (TPSA) is 4.93 Å². The zero-order valence-electron chi connectivity index (χ0n) is 8.97. The molecule has 0 spiro atoms. The van der Waals surface area contributed by atoms with E-state index in [0.29, 0.717) is 0 Å². The summed E-state index contributed by atoms with van der Waals surface area (Å²) >= 11 is 3.58. The molecule has 0 saturated carbocycles. The van der Waals surface area contributed by atoms with Gasteiger partial charge in [-0.1, -0.05) is 51.4 Å². The first kappa shape index (κ1) is 11.7. The molecule has 1 aromatic carbocycles. The number of rotatable bonds is 1. The summed E-state index contributed by atoms with van der Waals surface area (Å²) in [7, 11) is 2.66. The number of benzene rings is 1. The zero-order valence-corrected chi connectivity index (χ0v) is 18.1. The number of hydrogen-bond acceptors (Lipinski definition) is 0. The van der Waals surface area contributed by atoms with Crippen LogP contribution in [-0.4, -0.2) is 4.34 Å². The van der Waals surface area contributed by atoms with Gasteiger partial charge in [-0.25, -0.2) is 0 Å². The van der Waals surface area contributed by atoms with E-state index in [-0.39, 0.29) is 0 Å². The fourth-order valence-electron chi connectivity index (χ4n) is 1.68. The third-order valence-corrected chi connectivity index (χ3v) is 3.64. The Morgan fingerprint density at radius 3 is 2.73 bits per heavy atom. The summed E-state index contributed by atoms with van der Waals surface area (Å²) < 4.78 is 3.15. The second-order valence-corrected chi connectivity index (χ2v) is 4.79. The van der Waals surface area contributed by atoms with E-state index in [1.54, 1.807) is 0 Å². The van der Waals surface area contributed by atoms with Gasteiger partial charge in [-0.3, -0.25) is 0 Å². The molecule has 2 rings (SSSR count). The first-order chi connectivity index (χ1) is 6.63. The van der Waals surface area contributed by atoms with Crippen molar-refractivity contribution in [1.29, 1.82) is 0 Å². The molecule has 1 unspecified atom stereocenters. The van der Waals surface area contributed by atoms with Crippen LogP contribution in [0.4, 0.5) is 0 Å². The minimum Gasteiger partial charge on any atom is -0.448 e. The van der Waals surface area contributed by atoms with Crippen molar-refractivity contribution in [2.75, 3.05) is 0 Å². The number of halogens is 1. The molecule has 1 nitrogen and oxygen atoms in total. The molecule has 0 bridgehead atoms. The van der Waals surface area contributed by atoms with Crippen LogP contribution in [0.15, 0.2) is 16.6 Å². The number of aryl methyl sites for hydroxylation is 2. The molecule has 2 aromatic rings. The van der Waals surface area contributed by atoms with Gasteiger partial charge in [0.25, 0.3) is 0 Å². The minimum absolute atomic E-state index is 0. The van der Waals surface area contributed by atoms with Crippen LogP contribution in [0.3, 0.4) is 0 Å². The second kappa shape index (κ2) is 4.04. The van der Waals surface area contributed by atoms with Crippen molar-refractivity contribution in [2.24, 2.45) is 0 Å². The molecular weight excluding hydrogens is 524 g/mol. The van der Waals surface area contributed by atoms with E-state index in [0.717, 1.165) is 6.42 Å². The maximum atomic E-state index is 3.58. The van der Waals surface area contributed by atoms with Crippen LogP contribution in [-0.2, 0) is 6.42 Å². The first-order valence-corrected chi connectivity index (χ1v) is 5.92. The molecule has 0 saturated heterocycles. The third kappa shape index (κ3) is 1.75. The van der Waals surface area contributed by atoms with E-state index < -0.39 is 0 Å². The van der Waals surface area contributed by atoms with Gasteiger partial charge in [0.2, 0.25) is 0 Å². The van der Waals surface area contributed by atoms with E-state index in [2.05, 4.69) is 57.5 Å². The monoisotopic (exact) mass is 535 g/mol. The summed E-state index contributed by atoms with van der Waals surface area (Å²) in [5.74, 6) is 0.